The molecule has 0 aromatic heterocycles. The number of nitrogens with one attached hydrogen (secondary N) is 1. The SMILES string of the molecule is CCCCCCCCCCCCCCC[C@@H](O)[C@H](CO)NC(=O)C[C@H](O)CCCCCCC. The van der Waals surface area contributed by atoms with Crippen molar-refractivity contribution < 1.29 is 20.1 Å². The number of rotatable bonds is 25. The molecule has 0 spiro atoms. The Balaban J connectivity index is 3.71. The van der Waals surface area contributed by atoms with E-state index >= 15 is 0 Å². The van der Waals surface area contributed by atoms with Gasteiger partial charge in [-0.3, -0.25) is 4.79 Å². The van der Waals surface area contributed by atoms with Crippen LogP contribution in [0.2, 0.25) is 0 Å². The predicted octanol–water partition coefficient (Wildman–Crippen LogP) is 6.42. The maximum Gasteiger partial charge on any atom is 0.222 e. The lowest BCUT2D eigenvalue weighted by molar-refractivity contribution is -0.125. The molecule has 0 aliphatic heterocycles. The molecular weight excluding hydrogens is 414 g/mol. The van der Waals surface area contributed by atoms with Crippen LogP contribution in [0, 0.1) is 0 Å². The first-order valence-electron chi connectivity index (χ1n) is 14.3. The average Bonchev–Trinajstić information content (AvgIpc) is 2.80. The molecule has 0 heterocycles. The lowest BCUT2D eigenvalue weighted by Crippen LogP contribution is -2.46. The normalized spacial score (nSPS) is 14.2. The molecule has 33 heavy (non-hydrogen) atoms. The number of aliphatic hydroxyl groups excluding tert-OH is 3. The lowest BCUT2D eigenvalue weighted by Gasteiger charge is -2.23. The fourth-order valence-corrected chi connectivity index (χ4v) is 4.40. The van der Waals surface area contributed by atoms with Crippen molar-refractivity contribution in [1.82, 2.24) is 5.32 Å². The maximum absolute atomic E-state index is 12.2. The van der Waals surface area contributed by atoms with Crippen molar-refractivity contribution in [2.24, 2.45) is 0 Å². The van der Waals surface area contributed by atoms with Crippen molar-refractivity contribution in [3.8, 4) is 0 Å². The largest absolute Gasteiger partial charge is 0.394 e. The van der Waals surface area contributed by atoms with Crippen molar-refractivity contribution in [2.75, 3.05) is 6.61 Å². The zero-order valence-electron chi connectivity index (χ0n) is 22.0. The summed E-state index contributed by atoms with van der Waals surface area (Å²) in [5.74, 6) is -0.292. The van der Waals surface area contributed by atoms with Gasteiger partial charge in [0.15, 0.2) is 0 Å². The second-order valence-electron chi connectivity index (χ2n) is 10.0. The number of carbonyl (C=O) groups is 1. The molecule has 4 N–H and O–H groups in total. The Hall–Kier alpha value is -0.650. The topological polar surface area (TPSA) is 89.8 Å². The summed E-state index contributed by atoms with van der Waals surface area (Å²) in [7, 11) is 0. The van der Waals surface area contributed by atoms with Crippen LogP contribution in [0.1, 0.15) is 149 Å². The first kappa shape index (κ1) is 32.4. The number of carbonyl (C=O) groups excluding carboxylic acids is 1. The van der Waals surface area contributed by atoms with Gasteiger partial charge >= 0.3 is 0 Å². The van der Waals surface area contributed by atoms with E-state index in [1.165, 1.54) is 89.9 Å². The van der Waals surface area contributed by atoms with Gasteiger partial charge in [0.1, 0.15) is 0 Å². The summed E-state index contributed by atoms with van der Waals surface area (Å²) in [5.41, 5.74) is 0. The Kier molecular flexibility index (Phi) is 24.0. The second kappa shape index (κ2) is 24.5. The second-order valence-corrected chi connectivity index (χ2v) is 10.0. The summed E-state index contributed by atoms with van der Waals surface area (Å²) in [5, 5.41) is 32.7. The first-order valence-corrected chi connectivity index (χ1v) is 14.3. The lowest BCUT2D eigenvalue weighted by atomic mass is 10.0. The summed E-state index contributed by atoms with van der Waals surface area (Å²) >= 11 is 0. The molecule has 0 aliphatic rings. The predicted molar refractivity (Wildman–Crippen MR) is 139 cm³/mol. The molecule has 0 aromatic carbocycles. The molecule has 1 amide bonds. The molecule has 0 radical (unpaired) electrons. The molecule has 0 unspecified atom stereocenters. The van der Waals surface area contributed by atoms with Gasteiger partial charge in [-0.2, -0.15) is 0 Å². The van der Waals surface area contributed by atoms with Crippen LogP contribution in [0.3, 0.4) is 0 Å². The molecule has 0 saturated carbocycles. The van der Waals surface area contributed by atoms with Crippen molar-refractivity contribution in [3.63, 3.8) is 0 Å². The monoisotopic (exact) mass is 471 g/mol. The zero-order valence-corrected chi connectivity index (χ0v) is 22.0. The van der Waals surface area contributed by atoms with E-state index in [4.69, 9.17) is 0 Å². The number of hydrogen-bond acceptors (Lipinski definition) is 4. The van der Waals surface area contributed by atoms with E-state index in [1.807, 2.05) is 0 Å². The van der Waals surface area contributed by atoms with E-state index in [1.54, 1.807) is 0 Å². The van der Waals surface area contributed by atoms with Crippen molar-refractivity contribution >= 4 is 5.91 Å². The third-order valence-corrected chi connectivity index (χ3v) is 6.67. The Morgan fingerprint density at radius 2 is 1.03 bits per heavy atom. The van der Waals surface area contributed by atoms with Gasteiger partial charge in [0, 0.05) is 0 Å². The van der Waals surface area contributed by atoms with Crippen LogP contribution in [0.15, 0.2) is 0 Å². The molecule has 0 saturated heterocycles. The van der Waals surface area contributed by atoms with Crippen LogP contribution in [0.25, 0.3) is 0 Å². The van der Waals surface area contributed by atoms with Gasteiger partial charge in [0.05, 0.1) is 31.3 Å². The van der Waals surface area contributed by atoms with Crippen LogP contribution in [0.5, 0.6) is 0 Å². The smallest absolute Gasteiger partial charge is 0.222 e. The minimum Gasteiger partial charge on any atom is -0.394 e. The van der Waals surface area contributed by atoms with Gasteiger partial charge in [0.25, 0.3) is 0 Å². The highest BCUT2D eigenvalue weighted by Gasteiger charge is 2.21. The standard InChI is InChI=1S/C28H57NO4/c1-3-5-7-9-10-11-12-13-14-15-16-18-20-22-27(32)26(24-30)29-28(33)23-25(31)21-19-17-8-6-4-2/h25-27,30-32H,3-24H2,1-2H3,(H,29,33)/t25-,26+,27-/m1/s1. The minimum atomic E-state index is -0.738. The molecule has 0 aliphatic carbocycles. The molecule has 5 nitrogen and oxygen atoms in total. The molecular formula is C28H57NO4. The zero-order chi connectivity index (χ0) is 24.6. The van der Waals surface area contributed by atoms with Crippen LogP contribution < -0.4 is 5.32 Å². The highest BCUT2D eigenvalue weighted by molar-refractivity contribution is 5.76. The van der Waals surface area contributed by atoms with Crippen molar-refractivity contribution in [1.29, 1.82) is 0 Å². The quantitative estimate of drug-likeness (QED) is 0.116. The highest BCUT2D eigenvalue weighted by Crippen LogP contribution is 2.14. The van der Waals surface area contributed by atoms with Crippen LogP contribution in [-0.2, 0) is 4.79 Å². The maximum atomic E-state index is 12.2. The van der Waals surface area contributed by atoms with Gasteiger partial charge < -0.3 is 20.6 Å². The average molecular weight is 472 g/mol. The molecule has 0 bridgehead atoms. The fraction of sp³-hybridized carbons (Fsp3) is 0.964. The number of hydrogen-bond donors (Lipinski definition) is 4. The fourth-order valence-electron chi connectivity index (χ4n) is 4.40. The molecule has 3 atom stereocenters. The Bertz CT molecular complexity index is 419. The van der Waals surface area contributed by atoms with Crippen LogP contribution >= 0.6 is 0 Å². The van der Waals surface area contributed by atoms with Gasteiger partial charge in [-0.25, -0.2) is 0 Å². The van der Waals surface area contributed by atoms with Gasteiger partial charge in [-0.1, -0.05) is 129 Å². The summed E-state index contributed by atoms with van der Waals surface area (Å²) in [6.45, 7) is 4.15. The van der Waals surface area contributed by atoms with E-state index in [2.05, 4.69) is 19.2 Å². The van der Waals surface area contributed by atoms with Gasteiger partial charge in [-0.05, 0) is 12.8 Å². The number of amides is 1. The van der Waals surface area contributed by atoms with E-state index < -0.39 is 18.2 Å². The minimum absolute atomic E-state index is 0.0374. The van der Waals surface area contributed by atoms with E-state index in [0.29, 0.717) is 12.8 Å². The highest BCUT2D eigenvalue weighted by atomic mass is 16.3. The van der Waals surface area contributed by atoms with Crippen LogP contribution in [0.4, 0.5) is 0 Å². The summed E-state index contributed by atoms with van der Waals surface area (Å²) in [6, 6.07) is -0.647. The molecule has 198 valence electrons. The Morgan fingerprint density at radius 3 is 1.45 bits per heavy atom. The summed E-state index contributed by atoms with van der Waals surface area (Å²) < 4.78 is 0. The Morgan fingerprint density at radius 1 is 0.636 bits per heavy atom. The van der Waals surface area contributed by atoms with E-state index in [9.17, 15) is 20.1 Å². The molecule has 0 fully saturated rings. The molecule has 5 heteroatoms. The van der Waals surface area contributed by atoms with E-state index in [0.717, 1.165) is 25.7 Å². The Labute approximate surface area is 205 Å². The third kappa shape index (κ3) is 21.6. The van der Waals surface area contributed by atoms with E-state index in [-0.39, 0.29) is 18.9 Å². The van der Waals surface area contributed by atoms with Gasteiger partial charge in [0.2, 0.25) is 5.91 Å². The number of aliphatic hydroxyl groups is 3. The summed E-state index contributed by atoms with van der Waals surface area (Å²) in [6.07, 6.45) is 22.1. The van der Waals surface area contributed by atoms with Crippen molar-refractivity contribution in [2.45, 2.75) is 167 Å². The van der Waals surface area contributed by atoms with Crippen molar-refractivity contribution in [3.05, 3.63) is 0 Å². The molecule has 0 aromatic rings. The molecule has 0 rings (SSSR count). The third-order valence-electron chi connectivity index (χ3n) is 6.67. The number of unbranched alkanes of at least 4 members (excludes halogenated alkanes) is 16. The summed E-state index contributed by atoms with van der Waals surface area (Å²) in [4.78, 5) is 12.2. The van der Waals surface area contributed by atoms with Gasteiger partial charge in [-0.15, -0.1) is 0 Å². The first-order chi connectivity index (χ1) is 16.0. The van der Waals surface area contributed by atoms with Crippen LogP contribution in [-0.4, -0.2) is 46.1 Å².